The molecule has 0 fully saturated rings. The van der Waals surface area contributed by atoms with Gasteiger partial charge in [-0.15, -0.1) is 0 Å². The van der Waals surface area contributed by atoms with Crippen LogP contribution >= 0.6 is 0 Å². The molecule has 1 N–H and O–H groups in total. The Morgan fingerprint density at radius 3 is 2.52 bits per heavy atom. The van der Waals surface area contributed by atoms with E-state index < -0.39 is 35.9 Å². The Morgan fingerprint density at radius 1 is 1.40 bits per heavy atom. The van der Waals surface area contributed by atoms with Crippen LogP contribution in [-0.2, 0) is 19.1 Å². The van der Waals surface area contributed by atoms with E-state index in [0.717, 1.165) is 0 Å². The second-order valence-corrected chi connectivity index (χ2v) is 5.74. The lowest BCUT2D eigenvalue weighted by atomic mass is 9.87. The van der Waals surface area contributed by atoms with Crippen LogP contribution in [0.15, 0.2) is 16.5 Å². The van der Waals surface area contributed by atoms with Gasteiger partial charge in [-0.1, -0.05) is 19.0 Å². The largest absolute Gasteiger partial charge is 0.463 e. The number of rotatable bonds is 8. The summed E-state index contributed by atoms with van der Waals surface area (Å²) in [6.45, 7) is 6.77. The summed E-state index contributed by atoms with van der Waals surface area (Å²) in [4.78, 5) is 26.3. The maximum absolute atomic E-state index is 15.0. The lowest BCUT2D eigenvalue weighted by Gasteiger charge is -2.37. The van der Waals surface area contributed by atoms with E-state index >= 15 is 4.39 Å². The summed E-state index contributed by atoms with van der Waals surface area (Å²) in [5.74, 6) is -2.00. The van der Waals surface area contributed by atoms with Crippen molar-refractivity contribution in [3.8, 4) is 0 Å². The fourth-order valence-corrected chi connectivity index (χ4v) is 2.78. The number of hydrogen-bond donors (Lipinski definition) is 1. The molecule has 0 bridgehead atoms. The molecule has 9 heteroatoms. The Morgan fingerprint density at radius 2 is 2.04 bits per heavy atom. The molecule has 0 saturated carbocycles. The van der Waals surface area contributed by atoms with E-state index in [-0.39, 0.29) is 24.7 Å². The molecule has 0 heterocycles. The average Bonchev–Trinajstić information content (AvgIpc) is 2.57. The Kier molecular flexibility index (Phi) is 8.37. The molecule has 0 aromatic carbocycles. The first-order chi connectivity index (χ1) is 11.9. The standard InChI is InChI=1S/C16H25FN4O4/c1-5-10(6-2)25-15-13(17)11(16(23)24-7-3)8-12(20-21-18)14(15)19-9(4)22/h10,12,14-15H,5-8H2,1-4H3,(H,19,22)/t12-,14+,15+/m0/s1. The van der Waals surface area contributed by atoms with Gasteiger partial charge in [0.2, 0.25) is 5.91 Å². The summed E-state index contributed by atoms with van der Waals surface area (Å²) in [5, 5.41) is 6.22. The van der Waals surface area contributed by atoms with Gasteiger partial charge in [0.25, 0.3) is 0 Å². The van der Waals surface area contributed by atoms with E-state index in [2.05, 4.69) is 15.3 Å². The number of ether oxygens (including phenoxy) is 2. The van der Waals surface area contributed by atoms with E-state index in [1.54, 1.807) is 6.92 Å². The van der Waals surface area contributed by atoms with Gasteiger partial charge < -0.3 is 14.8 Å². The number of hydrogen-bond acceptors (Lipinski definition) is 5. The highest BCUT2D eigenvalue weighted by Gasteiger charge is 2.43. The van der Waals surface area contributed by atoms with Gasteiger partial charge in [0.15, 0.2) is 0 Å². The number of nitrogens with zero attached hydrogens (tertiary/aromatic N) is 3. The number of esters is 1. The van der Waals surface area contributed by atoms with Crippen LogP contribution in [0, 0.1) is 0 Å². The molecule has 8 nitrogen and oxygen atoms in total. The smallest absolute Gasteiger partial charge is 0.336 e. The second-order valence-electron chi connectivity index (χ2n) is 5.74. The third-order valence-electron chi connectivity index (χ3n) is 4.03. The van der Waals surface area contributed by atoms with Crippen molar-refractivity contribution in [2.75, 3.05) is 6.61 Å². The zero-order valence-electron chi connectivity index (χ0n) is 15.0. The van der Waals surface area contributed by atoms with Crippen molar-refractivity contribution >= 4 is 11.9 Å². The first kappa shape index (κ1) is 20.9. The van der Waals surface area contributed by atoms with Crippen LogP contribution in [-0.4, -0.2) is 42.8 Å². The lowest BCUT2D eigenvalue weighted by molar-refractivity contribution is -0.139. The van der Waals surface area contributed by atoms with Gasteiger partial charge in [0, 0.05) is 11.8 Å². The minimum atomic E-state index is -1.21. The average molecular weight is 356 g/mol. The van der Waals surface area contributed by atoms with E-state index in [1.807, 2.05) is 13.8 Å². The highest BCUT2D eigenvalue weighted by molar-refractivity contribution is 5.89. The van der Waals surface area contributed by atoms with E-state index in [1.165, 1.54) is 6.92 Å². The number of carbonyl (C=O) groups is 2. The fourth-order valence-electron chi connectivity index (χ4n) is 2.78. The third kappa shape index (κ3) is 5.44. The SMILES string of the molecule is CCOC(=O)C1=C(F)[C@@H](OC(CC)CC)[C@H](NC(C)=O)[C@@H](N=[N+]=[N-])C1. The molecule has 1 rings (SSSR count). The van der Waals surface area contributed by atoms with Crippen molar-refractivity contribution in [2.24, 2.45) is 5.11 Å². The Hall–Kier alpha value is -2.12. The molecule has 0 aromatic heterocycles. The van der Waals surface area contributed by atoms with Crippen LogP contribution < -0.4 is 5.32 Å². The maximum atomic E-state index is 15.0. The van der Waals surface area contributed by atoms with Gasteiger partial charge in [0.1, 0.15) is 11.9 Å². The Balaban J connectivity index is 3.33. The van der Waals surface area contributed by atoms with Gasteiger partial charge in [0.05, 0.1) is 30.4 Å². The molecule has 0 aliphatic heterocycles. The minimum absolute atomic E-state index is 0.0923. The lowest BCUT2D eigenvalue weighted by Crippen LogP contribution is -2.54. The van der Waals surface area contributed by atoms with Gasteiger partial charge in [-0.2, -0.15) is 0 Å². The van der Waals surface area contributed by atoms with Gasteiger partial charge in [-0.05, 0) is 31.7 Å². The molecule has 0 unspecified atom stereocenters. The van der Waals surface area contributed by atoms with Crippen molar-refractivity contribution in [1.82, 2.24) is 5.32 Å². The van der Waals surface area contributed by atoms with Crippen LogP contribution in [0.25, 0.3) is 10.4 Å². The number of amides is 1. The molecule has 0 saturated heterocycles. The zero-order chi connectivity index (χ0) is 19.0. The van der Waals surface area contributed by atoms with E-state index in [9.17, 15) is 9.59 Å². The molecular formula is C16H25FN4O4. The molecular weight excluding hydrogens is 331 g/mol. The molecule has 1 amide bonds. The second kappa shape index (κ2) is 10.0. The van der Waals surface area contributed by atoms with Gasteiger partial charge in [-0.25, -0.2) is 9.18 Å². The van der Waals surface area contributed by atoms with Gasteiger partial charge in [-0.3, -0.25) is 4.79 Å². The van der Waals surface area contributed by atoms with Crippen molar-refractivity contribution in [3.05, 3.63) is 21.8 Å². The number of nitrogens with one attached hydrogen (secondary N) is 1. The van der Waals surface area contributed by atoms with E-state index in [4.69, 9.17) is 15.0 Å². The topological polar surface area (TPSA) is 113 Å². The summed E-state index contributed by atoms with van der Waals surface area (Å²) in [6.07, 6.45) is -0.373. The zero-order valence-corrected chi connectivity index (χ0v) is 15.0. The predicted molar refractivity (Wildman–Crippen MR) is 89.2 cm³/mol. The molecule has 0 aromatic rings. The summed E-state index contributed by atoms with van der Waals surface area (Å²) >= 11 is 0. The normalized spacial score (nSPS) is 23.2. The Bertz CT molecular complexity index is 570. The summed E-state index contributed by atoms with van der Waals surface area (Å²) < 4.78 is 25.7. The molecule has 0 radical (unpaired) electrons. The predicted octanol–water partition coefficient (Wildman–Crippen LogP) is 2.93. The van der Waals surface area contributed by atoms with Gasteiger partial charge >= 0.3 is 5.97 Å². The summed E-state index contributed by atoms with van der Waals surface area (Å²) in [6, 6.07) is -1.75. The van der Waals surface area contributed by atoms with E-state index in [0.29, 0.717) is 12.8 Å². The van der Waals surface area contributed by atoms with Crippen LogP contribution in [0.4, 0.5) is 4.39 Å². The van der Waals surface area contributed by atoms with Crippen LogP contribution in [0.1, 0.15) is 47.0 Å². The fraction of sp³-hybridized carbons (Fsp3) is 0.750. The highest BCUT2D eigenvalue weighted by atomic mass is 19.1. The molecule has 1 aliphatic rings. The molecule has 25 heavy (non-hydrogen) atoms. The van der Waals surface area contributed by atoms with Crippen LogP contribution in [0.5, 0.6) is 0 Å². The molecule has 0 spiro atoms. The number of azide groups is 1. The van der Waals surface area contributed by atoms with Crippen molar-refractivity contribution in [2.45, 2.75) is 71.2 Å². The quantitative estimate of drug-likeness (QED) is 0.312. The first-order valence-corrected chi connectivity index (χ1v) is 8.41. The maximum Gasteiger partial charge on any atom is 0.336 e. The number of halogens is 1. The first-order valence-electron chi connectivity index (χ1n) is 8.41. The highest BCUT2D eigenvalue weighted by Crippen LogP contribution is 2.33. The van der Waals surface area contributed by atoms with Crippen molar-refractivity contribution in [1.29, 1.82) is 0 Å². The van der Waals surface area contributed by atoms with Crippen molar-refractivity contribution in [3.63, 3.8) is 0 Å². The van der Waals surface area contributed by atoms with Crippen LogP contribution in [0.2, 0.25) is 0 Å². The monoisotopic (exact) mass is 356 g/mol. The molecule has 3 atom stereocenters. The Labute approximate surface area is 146 Å². The summed E-state index contributed by atoms with van der Waals surface area (Å²) in [5.41, 5.74) is 8.59. The molecule has 140 valence electrons. The third-order valence-corrected chi connectivity index (χ3v) is 4.03. The number of carbonyl (C=O) groups excluding carboxylic acids is 2. The summed E-state index contributed by atoms with van der Waals surface area (Å²) in [7, 11) is 0. The minimum Gasteiger partial charge on any atom is -0.463 e. The molecule has 1 aliphatic carbocycles. The van der Waals surface area contributed by atoms with Crippen LogP contribution in [0.3, 0.4) is 0 Å². The van der Waals surface area contributed by atoms with Crippen molar-refractivity contribution < 1.29 is 23.5 Å².